The van der Waals surface area contributed by atoms with Gasteiger partial charge in [-0.25, -0.2) is 5.43 Å². The summed E-state index contributed by atoms with van der Waals surface area (Å²) in [4.78, 5) is 9.86. The van der Waals surface area contributed by atoms with E-state index < -0.39 is 18.6 Å². The molecule has 5 heteroatoms. The Morgan fingerprint density at radius 3 is 2.38 bits per heavy atom. The summed E-state index contributed by atoms with van der Waals surface area (Å²) in [5, 5.41) is 16.2. The Morgan fingerprint density at radius 1 is 1.88 bits per heavy atom. The van der Waals surface area contributed by atoms with Crippen LogP contribution in [0.2, 0.25) is 0 Å². The summed E-state index contributed by atoms with van der Waals surface area (Å²) in [6, 6.07) is -1.05. The van der Waals surface area contributed by atoms with Crippen LogP contribution in [0.4, 0.5) is 0 Å². The van der Waals surface area contributed by atoms with E-state index in [1.807, 2.05) is 5.43 Å². The van der Waals surface area contributed by atoms with Gasteiger partial charge >= 0.3 is 5.97 Å². The monoisotopic (exact) mass is 120 g/mol. The average Bonchev–Trinajstić information content (AvgIpc) is 1.69. The van der Waals surface area contributed by atoms with Crippen molar-refractivity contribution >= 4 is 5.97 Å². The van der Waals surface area contributed by atoms with Gasteiger partial charge in [0.2, 0.25) is 0 Å². The Kier molecular flexibility index (Phi) is 3.09. The molecule has 0 aromatic heterocycles. The molecule has 0 unspecified atom stereocenters. The van der Waals surface area contributed by atoms with Crippen molar-refractivity contribution in [1.82, 2.24) is 5.43 Å². The van der Waals surface area contributed by atoms with Crippen LogP contribution in [0.1, 0.15) is 0 Å². The van der Waals surface area contributed by atoms with Gasteiger partial charge in [-0.05, 0) is 0 Å². The minimum atomic E-state index is -1.16. The minimum absolute atomic E-state index is 0.494. The second-order valence-electron chi connectivity index (χ2n) is 1.24. The number of nitrogens with two attached hydrogens (primary N) is 1. The van der Waals surface area contributed by atoms with E-state index in [1.54, 1.807) is 0 Å². The molecule has 5 nitrogen and oxygen atoms in total. The van der Waals surface area contributed by atoms with Crippen LogP contribution in [0.3, 0.4) is 0 Å². The lowest BCUT2D eigenvalue weighted by Crippen LogP contribution is -2.43. The van der Waals surface area contributed by atoms with Crippen LogP contribution in [-0.2, 0) is 4.79 Å². The maximum Gasteiger partial charge on any atom is 0.324 e. The smallest absolute Gasteiger partial charge is 0.324 e. The van der Waals surface area contributed by atoms with Crippen molar-refractivity contribution in [1.29, 1.82) is 0 Å². The van der Waals surface area contributed by atoms with Crippen molar-refractivity contribution < 1.29 is 15.0 Å². The van der Waals surface area contributed by atoms with Crippen molar-refractivity contribution in [2.45, 2.75) is 6.04 Å². The number of hydrogen-bond acceptors (Lipinski definition) is 4. The zero-order chi connectivity index (χ0) is 6.57. The fourth-order valence-electron chi connectivity index (χ4n) is 0.202. The van der Waals surface area contributed by atoms with Gasteiger partial charge in [0.05, 0.1) is 6.61 Å². The second-order valence-corrected chi connectivity index (χ2v) is 1.24. The Balaban J connectivity index is 3.52. The van der Waals surface area contributed by atoms with E-state index in [1.165, 1.54) is 0 Å². The first-order chi connectivity index (χ1) is 3.72. The van der Waals surface area contributed by atoms with Crippen molar-refractivity contribution in [3.05, 3.63) is 0 Å². The van der Waals surface area contributed by atoms with Gasteiger partial charge in [-0.15, -0.1) is 0 Å². The van der Waals surface area contributed by atoms with Gasteiger partial charge in [-0.3, -0.25) is 10.6 Å². The van der Waals surface area contributed by atoms with E-state index in [0.29, 0.717) is 0 Å². The van der Waals surface area contributed by atoms with E-state index in [4.69, 9.17) is 16.1 Å². The molecule has 0 aliphatic carbocycles. The number of carboxylic acids is 1. The fourth-order valence-corrected chi connectivity index (χ4v) is 0.202. The number of aliphatic hydroxyl groups excluding tert-OH is 1. The molecule has 0 spiro atoms. The lowest BCUT2D eigenvalue weighted by Gasteiger charge is -2.04. The van der Waals surface area contributed by atoms with E-state index >= 15 is 0 Å². The molecule has 0 aliphatic rings. The highest BCUT2D eigenvalue weighted by Crippen LogP contribution is 1.75. The van der Waals surface area contributed by atoms with Gasteiger partial charge in [-0.2, -0.15) is 0 Å². The molecule has 0 radical (unpaired) electrons. The highest BCUT2D eigenvalue weighted by atomic mass is 16.4. The molecule has 0 aliphatic heterocycles. The lowest BCUT2D eigenvalue weighted by molar-refractivity contribution is -0.140. The van der Waals surface area contributed by atoms with Crippen LogP contribution >= 0.6 is 0 Å². The standard InChI is InChI=1S/C3H8N2O3/c4-5-2(1-6)3(7)8/h2,5-6H,1,4H2,(H,7,8)/t2-/m1/s1. The number of aliphatic carboxylic acids is 1. The third-order valence-electron chi connectivity index (χ3n) is 0.682. The molecule has 8 heavy (non-hydrogen) atoms. The van der Waals surface area contributed by atoms with Crippen LogP contribution in [0, 0.1) is 0 Å². The molecule has 48 valence electrons. The molecule has 0 saturated carbocycles. The summed E-state index contributed by atoms with van der Waals surface area (Å²) in [5.74, 6) is 3.54. The van der Waals surface area contributed by atoms with Crippen LogP contribution in [0.25, 0.3) is 0 Å². The van der Waals surface area contributed by atoms with E-state index in [-0.39, 0.29) is 0 Å². The number of rotatable bonds is 3. The molecule has 0 heterocycles. The molecule has 5 N–H and O–H groups in total. The number of carboxylic acid groups (broad SMARTS) is 1. The van der Waals surface area contributed by atoms with Crippen molar-refractivity contribution in [3.8, 4) is 0 Å². The summed E-state index contributed by atoms with van der Waals surface area (Å²) in [6.07, 6.45) is 0. The van der Waals surface area contributed by atoms with Gasteiger partial charge in [0, 0.05) is 0 Å². The van der Waals surface area contributed by atoms with Crippen LogP contribution in [0.5, 0.6) is 0 Å². The molecular formula is C3H8N2O3. The summed E-state index contributed by atoms with van der Waals surface area (Å²) in [7, 11) is 0. The van der Waals surface area contributed by atoms with Crippen LogP contribution in [-0.4, -0.2) is 28.8 Å². The quantitative estimate of drug-likeness (QED) is 0.252. The highest BCUT2D eigenvalue weighted by Gasteiger charge is 2.11. The zero-order valence-corrected chi connectivity index (χ0v) is 4.16. The fraction of sp³-hybridized carbons (Fsp3) is 0.667. The molecule has 0 aromatic carbocycles. The van der Waals surface area contributed by atoms with Crippen molar-refractivity contribution in [2.24, 2.45) is 5.84 Å². The minimum Gasteiger partial charge on any atom is -0.480 e. The van der Waals surface area contributed by atoms with Crippen LogP contribution < -0.4 is 11.3 Å². The number of hydrogen-bond donors (Lipinski definition) is 4. The van der Waals surface area contributed by atoms with Gasteiger partial charge in [0.1, 0.15) is 6.04 Å². The third kappa shape index (κ3) is 1.87. The van der Waals surface area contributed by atoms with Crippen LogP contribution in [0.15, 0.2) is 0 Å². The second kappa shape index (κ2) is 3.36. The van der Waals surface area contributed by atoms with E-state index in [0.717, 1.165) is 0 Å². The van der Waals surface area contributed by atoms with Gasteiger partial charge in [-0.1, -0.05) is 0 Å². The van der Waals surface area contributed by atoms with E-state index in [9.17, 15) is 4.79 Å². The summed E-state index contributed by atoms with van der Waals surface area (Å²) in [5.41, 5.74) is 1.90. The molecule has 0 fully saturated rings. The Labute approximate surface area is 46.1 Å². The molecule has 0 bridgehead atoms. The maximum atomic E-state index is 9.86. The summed E-state index contributed by atoms with van der Waals surface area (Å²) >= 11 is 0. The van der Waals surface area contributed by atoms with Gasteiger partial charge in [0.25, 0.3) is 0 Å². The SMILES string of the molecule is NN[C@H](CO)C(=O)O. The third-order valence-corrected chi connectivity index (χ3v) is 0.682. The predicted octanol–water partition coefficient (Wildman–Crippen LogP) is -2.10. The largest absolute Gasteiger partial charge is 0.480 e. The lowest BCUT2D eigenvalue weighted by atomic mass is 10.3. The first-order valence-electron chi connectivity index (χ1n) is 2.02. The Bertz CT molecular complexity index is 80.6. The first-order valence-corrected chi connectivity index (χ1v) is 2.02. The molecular weight excluding hydrogens is 112 g/mol. The number of carbonyl (C=O) groups is 1. The molecule has 0 aromatic rings. The number of hydrazine groups is 1. The predicted molar refractivity (Wildman–Crippen MR) is 25.8 cm³/mol. The van der Waals surface area contributed by atoms with Gasteiger partial charge < -0.3 is 10.2 Å². The summed E-state index contributed by atoms with van der Waals surface area (Å²) in [6.45, 7) is -0.494. The van der Waals surface area contributed by atoms with Crippen molar-refractivity contribution in [3.63, 3.8) is 0 Å². The molecule has 0 amide bonds. The maximum absolute atomic E-state index is 9.86. The highest BCUT2D eigenvalue weighted by molar-refractivity contribution is 5.73. The van der Waals surface area contributed by atoms with E-state index in [2.05, 4.69) is 0 Å². The Hall–Kier alpha value is -0.650. The van der Waals surface area contributed by atoms with Crippen molar-refractivity contribution in [2.75, 3.05) is 6.61 Å². The first kappa shape index (κ1) is 7.35. The summed E-state index contributed by atoms with van der Waals surface area (Å²) < 4.78 is 0. The normalized spacial score (nSPS) is 13.2. The van der Waals surface area contributed by atoms with Gasteiger partial charge in [0.15, 0.2) is 0 Å². The molecule has 0 rings (SSSR count). The average molecular weight is 120 g/mol. The zero-order valence-electron chi connectivity index (χ0n) is 4.16. The topological polar surface area (TPSA) is 95.6 Å². The Morgan fingerprint density at radius 2 is 2.38 bits per heavy atom. The molecule has 1 atom stereocenters. The number of nitrogens with one attached hydrogen (secondary N) is 1. The number of aliphatic hydroxyl groups is 1. The molecule has 0 saturated heterocycles.